The molecule has 1 aliphatic carbocycles. The fourth-order valence-electron chi connectivity index (χ4n) is 3.87. The zero-order chi connectivity index (χ0) is 16.8. The minimum absolute atomic E-state index is 0.0757. The quantitative estimate of drug-likeness (QED) is 0.865. The Balaban J connectivity index is 1.57. The van der Waals surface area contributed by atoms with E-state index in [1.807, 2.05) is 12.1 Å². The van der Waals surface area contributed by atoms with Gasteiger partial charge < -0.3 is 10.6 Å². The number of carbonyl (C=O) groups is 1. The number of nitrogens with one attached hydrogen (secondary N) is 2. The number of halogens is 1. The largest absolute Gasteiger partial charge is 0.336 e. The fourth-order valence-corrected chi connectivity index (χ4v) is 3.87. The molecule has 2 fully saturated rings. The van der Waals surface area contributed by atoms with Crippen LogP contribution in [-0.4, -0.2) is 36.6 Å². The third-order valence-electron chi connectivity index (χ3n) is 5.23. The van der Waals surface area contributed by atoms with Gasteiger partial charge in [0.15, 0.2) is 0 Å². The van der Waals surface area contributed by atoms with Crippen LogP contribution in [0, 0.1) is 5.82 Å². The molecule has 0 radical (unpaired) electrons. The third kappa shape index (κ3) is 4.69. The van der Waals surface area contributed by atoms with E-state index in [-0.39, 0.29) is 17.9 Å². The molecule has 5 heteroatoms. The minimum Gasteiger partial charge on any atom is -0.336 e. The number of likely N-dealkylation sites (tertiary alicyclic amines) is 1. The summed E-state index contributed by atoms with van der Waals surface area (Å²) < 4.78 is 13.2. The van der Waals surface area contributed by atoms with Gasteiger partial charge in [-0.05, 0) is 56.5 Å². The molecule has 2 N–H and O–H groups in total. The van der Waals surface area contributed by atoms with Crippen molar-refractivity contribution in [2.24, 2.45) is 0 Å². The summed E-state index contributed by atoms with van der Waals surface area (Å²) in [7, 11) is 0. The second-order valence-electron chi connectivity index (χ2n) is 7.00. The van der Waals surface area contributed by atoms with Gasteiger partial charge in [0.2, 0.25) is 0 Å². The van der Waals surface area contributed by atoms with Gasteiger partial charge in [-0.3, -0.25) is 4.90 Å². The summed E-state index contributed by atoms with van der Waals surface area (Å²) in [5, 5.41) is 6.13. The van der Waals surface area contributed by atoms with Crippen LogP contribution >= 0.6 is 0 Å². The predicted octanol–water partition coefficient (Wildman–Crippen LogP) is 3.59. The Labute approximate surface area is 143 Å². The van der Waals surface area contributed by atoms with Gasteiger partial charge in [-0.25, -0.2) is 9.18 Å². The first-order valence-corrected chi connectivity index (χ1v) is 9.26. The zero-order valence-electron chi connectivity index (χ0n) is 14.3. The van der Waals surface area contributed by atoms with Crippen molar-refractivity contribution in [1.82, 2.24) is 15.5 Å². The first-order chi connectivity index (χ1) is 11.7. The maximum atomic E-state index is 13.2. The molecule has 2 aliphatic rings. The van der Waals surface area contributed by atoms with E-state index in [4.69, 9.17) is 0 Å². The normalized spacial score (nSPS) is 20.7. The molecule has 24 heavy (non-hydrogen) atoms. The third-order valence-corrected chi connectivity index (χ3v) is 5.23. The molecule has 0 spiro atoms. The van der Waals surface area contributed by atoms with E-state index in [1.165, 1.54) is 44.2 Å². The van der Waals surface area contributed by atoms with Crippen molar-refractivity contribution in [2.75, 3.05) is 19.6 Å². The van der Waals surface area contributed by atoms with Crippen LogP contribution in [0.5, 0.6) is 0 Å². The number of benzene rings is 1. The van der Waals surface area contributed by atoms with Crippen LogP contribution in [0.25, 0.3) is 0 Å². The van der Waals surface area contributed by atoms with Crippen molar-refractivity contribution in [3.05, 3.63) is 35.6 Å². The SMILES string of the molecule is O=C(NCC(c1ccc(F)cc1)N1CCCC1)NC1CCCCC1. The van der Waals surface area contributed by atoms with Gasteiger partial charge >= 0.3 is 6.03 Å². The molecule has 1 unspecified atom stereocenters. The molecule has 1 aromatic rings. The average Bonchev–Trinajstić information content (AvgIpc) is 3.12. The second kappa shape index (κ2) is 8.47. The van der Waals surface area contributed by atoms with E-state index in [2.05, 4.69) is 15.5 Å². The van der Waals surface area contributed by atoms with Gasteiger partial charge in [0.1, 0.15) is 5.82 Å². The van der Waals surface area contributed by atoms with E-state index in [0.29, 0.717) is 12.6 Å². The van der Waals surface area contributed by atoms with Gasteiger partial charge in [-0.15, -0.1) is 0 Å². The lowest BCUT2D eigenvalue weighted by atomic mass is 9.96. The predicted molar refractivity (Wildman–Crippen MR) is 93.4 cm³/mol. The Bertz CT molecular complexity index is 522. The number of hydrogen-bond donors (Lipinski definition) is 2. The summed E-state index contributed by atoms with van der Waals surface area (Å²) in [6.07, 6.45) is 8.23. The Hall–Kier alpha value is -1.62. The van der Waals surface area contributed by atoms with E-state index >= 15 is 0 Å². The molecule has 4 nitrogen and oxygen atoms in total. The monoisotopic (exact) mass is 333 g/mol. The molecule has 1 saturated heterocycles. The van der Waals surface area contributed by atoms with Crippen molar-refractivity contribution in [1.29, 1.82) is 0 Å². The van der Waals surface area contributed by atoms with Crippen LogP contribution in [0.4, 0.5) is 9.18 Å². The summed E-state index contributed by atoms with van der Waals surface area (Å²) in [5.41, 5.74) is 1.07. The number of hydrogen-bond acceptors (Lipinski definition) is 2. The zero-order valence-corrected chi connectivity index (χ0v) is 14.3. The number of rotatable bonds is 5. The van der Waals surface area contributed by atoms with E-state index in [0.717, 1.165) is 31.5 Å². The standard InChI is InChI=1S/C19H28FN3O/c20-16-10-8-15(9-11-16)18(23-12-4-5-13-23)14-21-19(24)22-17-6-2-1-3-7-17/h8-11,17-18H,1-7,12-14H2,(H2,21,22,24). The highest BCUT2D eigenvalue weighted by molar-refractivity contribution is 5.74. The Morgan fingerprint density at radius 3 is 2.42 bits per heavy atom. The summed E-state index contributed by atoms with van der Waals surface area (Å²) in [6.45, 7) is 2.63. The smallest absolute Gasteiger partial charge is 0.315 e. The molecule has 132 valence electrons. The molecule has 0 aromatic heterocycles. The van der Waals surface area contributed by atoms with E-state index in [9.17, 15) is 9.18 Å². The van der Waals surface area contributed by atoms with Crippen molar-refractivity contribution < 1.29 is 9.18 Å². The molecule has 0 bridgehead atoms. The van der Waals surface area contributed by atoms with Gasteiger partial charge in [-0.2, -0.15) is 0 Å². The summed E-state index contributed by atoms with van der Waals surface area (Å²) >= 11 is 0. The van der Waals surface area contributed by atoms with Gasteiger partial charge in [0, 0.05) is 12.6 Å². The molecule has 2 amide bonds. The Morgan fingerprint density at radius 1 is 1.08 bits per heavy atom. The van der Waals surface area contributed by atoms with Crippen LogP contribution in [0.2, 0.25) is 0 Å². The van der Waals surface area contributed by atoms with Crippen LogP contribution in [-0.2, 0) is 0 Å². The molecule has 1 aromatic carbocycles. The lowest BCUT2D eigenvalue weighted by Crippen LogP contribution is -2.45. The van der Waals surface area contributed by atoms with E-state index < -0.39 is 0 Å². The maximum absolute atomic E-state index is 13.2. The van der Waals surface area contributed by atoms with Gasteiger partial charge in [0.05, 0.1) is 6.04 Å². The molecular formula is C19H28FN3O. The lowest BCUT2D eigenvalue weighted by Gasteiger charge is -2.29. The Kier molecular flexibility index (Phi) is 6.07. The number of carbonyl (C=O) groups excluding carboxylic acids is 1. The molecule has 1 saturated carbocycles. The molecule has 1 heterocycles. The molecular weight excluding hydrogens is 305 g/mol. The van der Waals surface area contributed by atoms with Gasteiger partial charge in [-0.1, -0.05) is 31.4 Å². The first kappa shape index (κ1) is 17.2. The highest BCUT2D eigenvalue weighted by Gasteiger charge is 2.24. The summed E-state index contributed by atoms with van der Waals surface area (Å²) in [4.78, 5) is 14.6. The molecule has 3 rings (SSSR count). The van der Waals surface area contributed by atoms with Crippen LogP contribution < -0.4 is 10.6 Å². The highest BCUT2D eigenvalue weighted by atomic mass is 19.1. The van der Waals surface area contributed by atoms with Gasteiger partial charge in [0.25, 0.3) is 0 Å². The molecule has 1 atom stereocenters. The van der Waals surface area contributed by atoms with E-state index in [1.54, 1.807) is 0 Å². The van der Waals surface area contributed by atoms with Crippen molar-refractivity contribution in [3.63, 3.8) is 0 Å². The summed E-state index contributed by atoms with van der Waals surface area (Å²) in [6, 6.07) is 7.02. The van der Waals surface area contributed by atoms with Crippen molar-refractivity contribution in [3.8, 4) is 0 Å². The number of amides is 2. The highest BCUT2D eigenvalue weighted by Crippen LogP contribution is 2.25. The fraction of sp³-hybridized carbons (Fsp3) is 0.632. The maximum Gasteiger partial charge on any atom is 0.315 e. The lowest BCUT2D eigenvalue weighted by molar-refractivity contribution is 0.215. The minimum atomic E-state index is -0.220. The van der Waals surface area contributed by atoms with Crippen molar-refractivity contribution in [2.45, 2.75) is 57.0 Å². The van der Waals surface area contributed by atoms with Crippen LogP contribution in [0.15, 0.2) is 24.3 Å². The first-order valence-electron chi connectivity index (χ1n) is 9.26. The van der Waals surface area contributed by atoms with Crippen LogP contribution in [0.3, 0.4) is 0 Å². The van der Waals surface area contributed by atoms with Crippen LogP contribution in [0.1, 0.15) is 56.6 Å². The van der Waals surface area contributed by atoms with Crippen molar-refractivity contribution >= 4 is 6.03 Å². The topological polar surface area (TPSA) is 44.4 Å². The molecule has 1 aliphatic heterocycles. The number of nitrogens with zero attached hydrogens (tertiary/aromatic N) is 1. The Morgan fingerprint density at radius 2 is 1.75 bits per heavy atom. The summed E-state index contributed by atoms with van der Waals surface area (Å²) in [5.74, 6) is -0.220. The average molecular weight is 333 g/mol. The number of urea groups is 1. The second-order valence-corrected chi connectivity index (χ2v) is 7.00.